The average molecular weight is 478 g/mol. The van der Waals surface area contributed by atoms with Crippen LogP contribution in [0.2, 0.25) is 0 Å². The summed E-state index contributed by atoms with van der Waals surface area (Å²) >= 11 is 0. The number of phenols is 1. The zero-order valence-electron chi connectivity index (χ0n) is 18.4. The summed E-state index contributed by atoms with van der Waals surface area (Å²) in [6, 6.07) is 5.51. The molecular weight excluding hydrogens is 456 g/mol. The molecule has 2 fully saturated rings. The molecule has 2 unspecified atom stereocenters. The quantitative estimate of drug-likeness (QED) is 0.570. The lowest BCUT2D eigenvalue weighted by Crippen LogP contribution is -2.56. The fraction of sp³-hybridized carbons (Fsp3) is 0.435. The van der Waals surface area contributed by atoms with Gasteiger partial charge in [0.05, 0.1) is 17.1 Å². The smallest absolute Gasteiger partial charge is 0.449 e. The highest BCUT2D eigenvalue weighted by atomic mass is 19.4. The molecule has 11 heteroatoms. The molecule has 2 bridgehead atoms. The third kappa shape index (κ3) is 3.67. The predicted octanol–water partition coefficient (Wildman–Crippen LogP) is 3.98. The summed E-state index contributed by atoms with van der Waals surface area (Å²) in [5.41, 5.74) is -1.04. The van der Waals surface area contributed by atoms with E-state index in [1.165, 1.54) is 6.07 Å². The lowest BCUT2D eigenvalue weighted by Gasteiger charge is -2.43. The van der Waals surface area contributed by atoms with Gasteiger partial charge in [0.25, 0.3) is 0 Å². The number of rotatable bonds is 3. The molecule has 7 nitrogen and oxygen atoms in total. The van der Waals surface area contributed by atoms with Gasteiger partial charge >= 0.3 is 6.18 Å². The first-order chi connectivity index (χ1) is 16.0. The van der Waals surface area contributed by atoms with Crippen molar-refractivity contribution < 1.29 is 27.1 Å². The van der Waals surface area contributed by atoms with E-state index in [0.29, 0.717) is 24.3 Å². The van der Waals surface area contributed by atoms with Gasteiger partial charge in [0.1, 0.15) is 17.5 Å². The molecule has 0 spiro atoms. The van der Waals surface area contributed by atoms with Gasteiger partial charge in [-0.2, -0.15) is 13.2 Å². The fourth-order valence-electron chi connectivity index (χ4n) is 5.11. The number of aromatic nitrogens is 2. The molecule has 1 N–H and O–H groups in total. The van der Waals surface area contributed by atoms with Crippen molar-refractivity contribution in [2.75, 3.05) is 19.0 Å². The summed E-state index contributed by atoms with van der Waals surface area (Å²) in [5.74, 6) is -1.35. The fourth-order valence-corrected chi connectivity index (χ4v) is 5.11. The Labute approximate surface area is 191 Å². The Hall–Kier alpha value is -3.21. The van der Waals surface area contributed by atoms with Crippen molar-refractivity contribution in [1.82, 2.24) is 15.1 Å². The van der Waals surface area contributed by atoms with Gasteiger partial charge in [-0.3, -0.25) is 9.69 Å². The van der Waals surface area contributed by atoms with E-state index in [1.54, 1.807) is 18.0 Å². The van der Waals surface area contributed by atoms with Crippen LogP contribution >= 0.6 is 0 Å². The highest BCUT2D eigenvalue weighted by Crippen LogP contribution is 2.39. The molecule has 1 aromatic carbocycles. The number of piperidine rings is 1. The second-order valence-corrected chi connectivity index (χ2v) is 8.94. The highest BCUT2D eigenvalue weighted by Gasteiger charge is 2.47. The molecule has 2 aliphatic rings. The van der Waals surface area contributed by atoms with Gasteiger partial charge in [-0.05, 0) is 50.6 Å². The summed E-state index contributed by atoms with van der Waals surface area (Å²) in [6.07, 6.45) is -3.42. The van der Waals surface area contributed by atoms with Gasteiger partial charge < -0.3 is 14.4 Å². The Morgan fingerprint density at radius 1 is 1.18 bits per heavy atom. The van der Waals surface area contributed by atoms with E-state index >= 15 is 4.39 Å². The molecule has 2 aliphatic heterocycles. The first kappa shape index (κ1) is 22.6. The molecule has 4 heterocycles. The Morgan fingerprint density at radius 2 is 1.94 bits per heavy atom. The Morgan fingerprint density at radius 3 is 2.62 bits per heavy atom. The maximum atomic E-state index is 15.1. The van der Waals surface area contributed by atoms with E-state index in [2.05, 4.69) is 15.1 Å². The van der Waals surface area contributed by atoms with Gasteiger partial charge in [0.2, 0.25) is 5.76 Å². The number of anilines is 1. The topological polar surface area (TPSA) is 82.7 Å². The highest BCUT2D eigenvalue weighted by molar-refractivity contribution is 5.85. The number of halogens is 4. The number of alkyl halides is 4. The van der Waals surface area contributed by atoms with Crippen molar-refractivity contribution in [2.24, 2.45) is 0 Å². The second kappa shape index (κ2) is 7.93. The molecule has 0 radical (unpaired) electrons. The van der Waals surface area contributed by atoms with E-state index in [1.807, 2.05) is 7.05 Å². The predicted molar refractivity (Wildman–Crippen MR) is 116 cm³/mol. The molecule has 2 aromatic heterocycles. The zero-order chi connectivity index (χ0) is 24.4. The first-order valence-corrected chi connectivity index (χ1v) is 10.9. The normalized spacial score (nSPS) is 25.1. The van der Waals surface area contributed by atoms with E-state index in [9.17, 15) is 23.1 Å². The van der Waals surface area contributed by atoms with Crippen molar-refractivity contribution in [1.29, 1.82) is 0 Å². The van der Waals surface area contributed by atoms with Gasteiger partial charge in [0, 0.05) is 30.8 Å². The lowest BCUT2D eigenvalue weighted by molar-refractivity contribution is -0.152. The van der Waals surface area contributed by atoms with Crippen molar-refractivity contribution >= 4 is 16.8 Å². The third-order valence-corrected chi connectivity index (χ3v) is 7.05. The Kier molecular flexibility index (Phi) is 5.27. The van der Waals surface area contributed by atoms with Crippen LogP contribution in [-0.2, 0) is 6.18 Å². The number of nitrogens with zero attached hydrogens (tertiary/aromatic N) is 4. The summed E-state index contributed by atoms with van der Waals surface area (Å²) < 4.78 is 59.1. The molecule has 5 rings (SSSR count). The number of hydrogen-bond acceptors (Lipinski definition) is 7. The van der Waals surface area contributed by atoms with Crippen LogP contribution in [0.5, 0.6) is 5.75 Å². The summed E-state index contributed by atoms with van der Waals surface area (Å²) in [5, 5.41) is 18.5. The standard InChI is InChI=1S/C23H22F4N4O3/c1-30-11-3-5-15(30)22(24)16(7-11)31(2)21-6-4-14(28-29-21)12-9-19-13(8-17(12)32)18(33)10-20(34-19)23(25,26)27/h4,6,8-11,15-16,22,32H,3,5,7H2,1-2H3/t11?,15?,16-,22+/m0/s1. The minimum atomic E-state index is -4.83. The Bertz CT molecular complexity index is 1290. The number of phenolic OH excluding ortho intramolecular Hbond substituents is 1. The van der Waals surface area contributed by atoms with E-state index in [4.69, 9.17) is 4.42 Å². The van der Waals surface area contributed by atoms with Gasteiger partial charge in [0.15, 0.2) is 11.2 Å². The third-order valence-electron chi connectivity index (χ3n) is 7.05. The maximum Gasteiger partial charge on any atom is 0.449 e. The van der Waals surface area contributed by atoms with Crippen LogP contribution in [0.4, 0.5) is 23.4 Å². The van der Waals surface area contributed by atoms with Gasteiger partial charge in [-0.15, -0.1) is 10.2 Å². The van der Waals surface area contributed by atoms with Crippen LogP contribution in [0.3, 0.4) is 0 Å². The zero-order valence-corrected chi connectivity index (χ0v) is 18.4. The van der Waals surface area contributed by atoms with Crippen molar-refractivity contribution in [3.05, 3.63) is 46.3 Å². The first-order valence-electron chi connectivity index (χ1n) is 10.9. The molecule has 0 saturated carbocycles. The molecule has 0 amide bonds. The molecule has 34 heavy (non-hydrogen) atoms. The van der Waals surface area contributed by atoms with E-state index in [-0.39, 0.29) is 40.1 Å². The molecule has 4 atom stereocenters. The Balaban J connectivity index is 1.45. The van der Waals surface area contributed by atoms with Gasteiger partial charge in [-0.25, -0.2) is 4.39 Å². The minimum absolute atomic E-state index is 0.0531. The van der Waals surface area contributed by atoms with Crippen LogP contribution in [-0.4, -0.2) is 58.6 Å². The molecule has 180 valence electrons. The van der Waals surface area contributed by atoms with Crippen LogP contribution in [0.1, 0.15) is 25.0 Å². The minimum Gasteiger partial charge on any atom is -0.507 e. The number of benzene rings is 1. The monoisotopic (exact) mass is 478 g/mol. The second-order valence-electron chi connectivity index (χ2n) is 8.94. The van der Waals surface area contributed by atoms with E-state index < -0.39 is 23.5 Å². The van der Waals surface area contributed by atoms with Crippen LogP contribution in [0, 0.1) is 0 Å². The summed E-state index contributed by atoms with van der Waals surface area (Å²) in [7, 11) is 3.71. The van der Waals surface area contributed by atoms with Gasteiger partial charge in [-0.1, -0.05) is 0 Å². The lowest BCUT2D eigenvalue weighted by atomic mass is 9.95. The maximum absolute atomic E-state index is 15.1. The molecular formula is C23H22F4N4O3. The summed E-state index contributed by atoms with van der Waals surface area (Å²) in [6.45, 7) is 0. The summed E-state index contributed by atoms with van der Waals surface area (Å²) in [4.78, 5) is 15.9. The largest absolute Gasteiger partial charge is 0.507 e. The SMILES string of the molecule is CN1C2CCC1[C@@H](F)[C@@H](N(C)c1ccc(-c3cc4oc(C(F)(F)F)cc(=O)c4cc3O)nn1)C2. The van der Waals surface area contributed by atoms with Crippen LogP contribution < -0.4 is 10.3 Å². The van der Waals surface area contributed by atoms with Crippen molar-refractivity contribution in [2.45, 2.75) is 49.7 Å². The molecule has 2 saturated heterocycles. The average Bonchev–Trinajstić information content (AvgIpc) is 3.05. The number of fused-ring (bicyclic) bond motifs is 3. The van der Waals surface area contributed by atoms with E-state index in [0.717, 1.165) is 25.0 Å². The number of hydrogen-bond donors (Lipinski definition) is 1. The van der Waals surface area contributed by atoms with Crippen LogP contribution in [0.15, 0.2) is 39.5 Å². The van der Waals surface area contributed by atoms with Crippen molar-refractivity contribution in [3.63, 3.8) is 0 Å². The number of aromatic hydroxyl groups is 1. The molecule has 3 aromatic rings. The van der Waals surface area contributed by atoms with Crippen LogP contribution in [0.25, 0.3) is 22.2 Å². The van der Waals surface area contributed by atoms with Crippen molar-refractivity contribution in [3.8, 4) is 17.0 Å². The molecule has 0 aliphatic carbocycles.